The summed E-state index contributed by atoms with van der Waals surface area (Å²) in [4.78, 5) is 12.7. The molecule has 0 radical (unpaired) electrons. The minimum Gasteiger partial charge on any atom is -0.497 e. The Labute approximate surface area is 176 Å². The van der Waals surface area contributed by atoms with Crippen LogP contribution in [-0.4, -0.2) is 45.7 Å². The molecule has 1 fully saturated rings. The number of carbonyl (C=O) groups is 1. The molecule has 2 heterocycles. The van der Waals surface area contributed by atoms with Crippen LogP contribution >= 0.6 is 0 Å². The molecular weight excluding hydrogens is 386 g/mol. The predicted octanol–water partition coefficient (Wildman–Crippen LogP) is 3.06. The van der Waals surface area contributed by atoms with Crippen LogP contribution in [0.1, 0.15) is 25.3 Å². The van der Waals surface area contributed by atoms with Crippen molar-refractivity contribution in [1.82, 2.24) is 5.32 Å². The zero-order valence-electron chi connectivity index (χ0n) is 17.3. The van der Waals surface area contributed by atoms with Crippen molar-refractivity contribution in [3.05, 3.63) is 48.0 Å². The molecule has 0 spiro atoms. The SMILES string of the molecule is COc1ccc(OC(C)C(=O)NCC2(c3ccc4c(c3)OCO4)CCOCC2)cc1. The highest BCUT2D eigenvalue weighted by Gasteiger charge is 2.36. The Bertz CT molecular complexity index is 876. The molecule has 4 rings (SSSR count). The molecule has 1 unspecified atom stereocenters. The van der Waals surface area contributed by atoms with E-state index in [1.165, 1.54) is 0 Å². The van der Waals surface area contributed by atoms with Crippen LogP contribution in [0.4, 0.5) is 0 Å². The lowest BCUT2D eigenvalue weighted by Gasteiger charge is -2.38. The van der Waals surface area contributed by atoms with Crippen LogP contribution in [-0.2, 0) is 14.9 Å². The minimum atomic E-state index is -0.618. The summed E-state index contributed by atoms with van der Waals surface area (Å²) in [5.74, 6) is 2.71. The molecule has 1 N–H and O–H groups in total. The Morgan fingerprint density at radius 2 is 1.77 bits per heavy atom. The first-order valence-corrected chi connectivity index (χ1v) is 10.2. The van der Waals surface area contributed by atoms with E-state index in [4.69, 9.17) is 23.7 Å². The van der Waals surface area contributed by atoms with Crippen molar-refractivity contribution < 1.29 is 28.5 Å². The van der Waals surface area contributed by atoms with Crippen LogP contribution in [0.3, 0.4) is 0 Å². The summed E-state index contributed by atoms with van der Waals surface area (Å²) in [5.41, 5.74) is 0.911. The molecule has 0 aliphatic carbocycles. The lowest BCUT2D eigenvalue weighted by atomic mass is 9.74. The van der Waals surface area contributed by atoms with Gasteiger partial charge >= 0.3 is 0 Å². The number of hydrogen-bond donors (Lipinski definition) is 1. The zero-order valence-corrected chi connectivity index (χ0v) is 17.3. The van der Waals surface area contributed by atoms with E-state index in [0.717, 1.165) is 35.7 Å². The van der Waals surface area contributed by atoms with Crippen molar-refractivity contribution in [3.63, 3.8) is 0 Å². The number of rotatable bonds is 7. The van der Waals surface area contributed by atoms with E-state index in [-0.39, 0.29) is 18.1 Å². The summed E-state index contributed by atoms with van der Waals surface area (Å²) < 4.78 is 27.5. The summed E-state index contributed by atoms with van der Waals surface area (Å²) >= 11 is 0. The first-order valence-electron chi connectivity index (χ1n) is 10.2. The quantitative estimate of drug-likeness (QED) is 0.752. The van der Waals surface area contributed by atoms with Gasteiger partial charge < -0.3 is 29.0 Å². The molecular formula is C23H27NO6. The second kappa shape index (κ2) is 8.83. The second-order valence-electron chi connectivity index (χ2n) is 7.61. The van der Waals surface area contributed by atoms with Gasteiger partial charge in [0.25, 0.3) is 5.91 Å². The Balaban J connectivity index is 1.42. The molecule has 7 heteroatoms. The average molecular weight is 413 g/mol. The molecule has 1 atom stereocenters. The Morgan fingerprint density at radius 1 is 1.07 bits per heavy atom. The lowest BCUT2D eigenvalue weighted by Crippen LogP contribution is -2.47. The summed E-state index contributed by atoms with van der Waals surface area (Å²) in [5, 5.41) is 3.09. The largest absolute Gasteiger partial charge is 0.497 e. The summed E-state index contributed by atoms with van der Waals surface area (Å²) in [6.45, 7) is 3.80. The van der Waals surface area contributed by atoms with Crippen molar-refractivity contribution in [3.8, 4) is 23.0 Å². The molecule has 1 amide bonds. The van der Waals surface area contributed by atoms with Crippen LogP contribution in [0.2, 0.25) is 0 Å². The smallest absolute Gasteiger partial charge is 0.260 e. The van der Waals surface area contributed by atoms with Gasteiger partial charge in [-0.15, -0.1) is 0 Å². The maximum Gasteiger partial charge on any atom is 0.260 e. The van der Waals surface area contributed by atoms with Gasteiger partial charge in [-0.05, 0) is 61.7 Å². The van der Waals surface area contributed by atoms with Gasteiger partial charge in [0.1, 0.15) is 11.5 Å². The Hall–Kier alpha value is -2.93. The van der Waals surface area contributed by atoms with Crippen molar-refractivity contribution in [2.24, 2.45) is 0 Å². The Morgan fingerprint density at radius 3 is 2.50 bits per heavy atom. The highest BCUT2D eigenvalue weighted by molar-refractivity contribution is 5.80. The van der Waals surface area contributed by atoms with Crippen LogP contribution in [0.15, 0.2) is 42.5 Å². The maximum atomic E-state index is 12.7. The average Bonchev–Trinajstić information content (AvgIpc) is 3.26. The maximum absolute atomic E-state index is 12.7. The van der Waals surface area contributed by atoms with Gasteiger partial charge in [-0.2, -0.15) is 0 Å². The van der Waals surface area contributed by atoms with Crippen LogP contribution in [0.5, 0.6) is 23.0 Å². The third-order valence-electron chi connectivity index (χ3n) is 5.78. The number of fused-ring (bicyclic) bond motifs is 1. The topological polar surface area (TPSA) is 75.3 Å². The van der Waals surface area contributed by atoms with Gasteiger partial charge in [-0.1, -0.05) is 6.07 Å². The summed E-state index contributed by atoms with van der Waals surface area (Å²) in [6.07, 6.45) is 1.02. The van der Waals surface area contributed by atoms with E-state index in [2.05, 4.69) is 11.4 Å². The number of ether oxygens (including phenoxy) is 5. The molecule has 7 nitrogen and oxygen atoms in total. The normalized spacial score (nSPS) is 17.8. The summed E-state index contributed by atoms with van der Waals surface area (Å²) in [6, 6.07) is 13.2. The molecule has 0 aromatic heterocycles. The molecule has 0 bridgehead atoms. The number of benzene rings is 2. The number of hydrogen-bond acceptors (Lipinski definition) is 6. The highest BCUT2D eigenvalue weighted by atomic mass is 16.7. The van der Waals surface area contributed by atoms with Crippen molar-refractivity contribution in [2.45, 2.75) is 31.3 Å². The van der Waals surface area contributed by atoms with Gasteiger partial charge in [-0.3, -0.25) is 4.79 Å². The third-order valence-corrected chi connectivity index (χ3v) is 5.78. The van der Waals surface area contributed by atoms with E-state index in [9.17, 15) is 4.79 Å². The van der Waals surface area contributed by atoms with Gasteiger partial charge in [-0.25, -0.2) is 0 Å². The fourth-order valence-electron chi connectivity index (χ4n) is 3.87. The van der Waals surface area contributed by atoms with Gasteiger partial charge in [0.05, 0.1) is 7.11 Å². The van der Waals surface area contributed by atoms with Gasteiger partial charge in [0.2, 0.25) is 6.79 Å². The van der Waals surface area contributed by atoms with Gasteiger partial charge in [0.15, 0.2) is 17.6 Å². The molecule has 2 aliphatic rings. The zero-order chi connectivity index (χ0) is 21.0. The molecule has 160 valence electrons. The number of methoxy groups -OCH3 is 1. The molecule has 0 saturated carbocycles. The predicted molar refractivity (Wildman–Crippen MR) is 110 cm³/mol. The number of carbonyl (C=O) groups excluding carboxylic acids is 1. The fourth-order valence-corrected chi connectivity index (χ4v) is 3.87. The first-order chi connectivity index (χ1) is 14.6. The molecule has 30 heavy (non-hydrogen) atoms. The van der Waals surface area contributed by atoms with Crippen molar-refractivity contribution in [2.75, 3.05) is 33.7 Å². The number of amides is 1. The van der Waals surface area contributed by atoms with E-state index in [1.807, 2.05) is 12.1 Å². The number of nitrogens with one attached hydrogen (secondary N) is 1. The monoisotopic (exact) mass is 413 g/mol. The molecule has 1 saturated heterocycles. The standard InChI is InChI=1S/C23H27NO6/c1-16(30-19-6-4-18(26-2)5-7-19)22(25)24-14-23(9-11-27-12-10-23)17-3-8-20-21(13-17)29-15-28-20/h3-8,13,16H,9-12,14-15H2,1-2H3,(H,24,25). The Kier molecular flexibility index (Phi) is 5.99. The van der Waals surface area contributed by atoms with E-state index in [0.29, 0.717) is 25.5 Å². The van der Waals surface area contributed by atoms with Crippen molar-refractivity contribution in [1.29, 1.82) is 0 Å². The second-order valence-corrected chi connectivity index (χ2v) is 7.61. The van der Waals surface area contributed by atoms with Gasteiger partial charge in [0, 0.05) is 25.2 Å². The van der Waals surface area contributed by atoms with E-state index >= 15 is 0 Å². The minimum absolute atomic E-state index is 0.155. The third kappa shape index (κ3) is 4.31. The highest BCUT2D eigenvalue weighted by Crippen LogP contribution is 2.40. The molecule has 2 aromatic rings. The first kappa shape index (κ1) is 20.3. The summed E-state index contributed by atoms with van der Waals surface area (Å²) in [7, 11) is 1.61. The molecule has 2 aliphatic heterocycles. The van der Waals surface area contributed by atoms with Crippen LogP contribution in [0.25, 0.3) is 0 Å². The molecule has 2 aromatic carbocycles. The van der Waals surface area contributed by atoms with E-state index < -0.39 is 6.10 Å². The van der Waals surface area contributed by atoms with Crippen LogP contribution < -0.4 is 24.3 Å². The van der Waals surface area contributed by atoms with Crippen LogP contribution in [0, 0.1) is 0 Å². The van der Waals surface area contributed by atoms with Crippen molar-refractivity contribution >= 4 is 5.91 Å². The lowest BCUT2D eigenvalue weighted by molar-refractivity contribution is -0.127. The fraction of sp³-hybridized carbons (Fsp3) is 0.435. The van der Waals surface area contributed by atoms with E-state index in [1.54, 1.807) is 38.3 Å².